The van der Waals surface area contributed by atoms with Crippen LogP contribution >= 0.6 is 11.3 Å². The molecule has 0 atom stereocenters. The molecule has 0 aliphatic rings. The van der Waals surface area contributed by atoms with Crippen LogP contribution in [0.2, 0.25) is 0 Å². The number of aromatic nitrogens is 3. The van der Waals surface area contributed by atoms with Crippen LogP contribution in [-0.4, -0.2) is 21.5 Å². The summed E-state index contributed by atoms with van der Waals surface area (Å²) < 4.78 is 1.76. The first-order valence-electron chi connectivity index (χ1n) is 4.04. The van der Waals surface area contributed by atoms with Crippen molar-refractivity contribution in [1.29, 1.82) is 0 Å². The van der Waals surface area contributed by atoms with Crippen molar-refractivity contribution < 1.29 is 0 Å². The lowest BCUT2D eigenvalue weighted by Crippen LogP contribution is -2.10. The minimum absolute atomic E-state index is 0.591. The van der Waals surface area contributed by atoms with E-state index in [0.717, 1.165) is 17.1 Å². The third kappa shape index (κ3) is 1.76. The van der Waals surface area contributed by atoms with E-state index < -0.39 is 0 Å². The molecular formula is C8H10N4S. The Bertz CT molecular complexity index is 365. The van der Waals surface area contributed by atoms with Gasteiger partial charge in [-0.15, -0.1) is 16.4 Å². The van der Waals surface area contributed by atoms with Crippen molar-refractivity contribution in [1.82, 2.24) is 15.0 Å². The second-order valence-corrected chi connectivity index (χ2v) is 3.58. The molecule has 0 bridgehead atoms. The Morgan fingerprint density at radius 3 is 3.15 bits per heavy atom. The van der Waals surface area contributed by atoms with Crippen LogP contribution in [0.15, 0.2) is 23.7 Å². The zero-order chi connectivity index (χ0) is 9.10. The first kappa shape index (κ1) is 8.40. The number of rotatable bonds is 3. The van der Waals surface area contributed by atoms with Crippen LogP contribution in [0.3, 0.4) is 0 Å². The molecule has 68 valence electrons. The fourth-order valence-corrected chi connectivity index (χ4v) is 1.75. The van der Waals surface area contributed by atoms with Crippen molar-refractivity contribution in [3.8, 4) is 10.6 Å². The van der Waals surface area contributed by atoms with Crippen molar-refractivity contribution in [2.45, 2.75) is 6.54 Å². The van der Waals surface area contributed by atoms with Crippen molar-refractivity contribution in [3.63, 3.8) is 0 Å². The maximum atomic E-state index is 5.40. The van der Waals surface area contributed by atoms with Gasteiger partial charge in [0.1, 0.15) is 5.69 Å². The molecule has 0 saturated heterocycles. The van der Waals surface area contributed by atoms with E-state index in [1.54, 1.807) is 16.0 Å². The monoisotopic (exact) mass is 194 g/mol. The molecule has 4 nitrogen and oxygen atoms in total. The van der Waals surface area contributed by atoms with Gasteiger partial charge in [0, 0.05) is 6.54 Å². The molecule has 0 aromatic carbocycles. The Balaban J connectivity index is 2.23. The van der Waals surface area contributed by atoms with Crippen LogP contribution in [0.25, 0.3) is 10.6 Å². The molecule has 0 radical (unpaired) electrons. The SMILES string of the molecule is NCCn1cc(-c2cccs2)nn1. The van der Waals surface area contributed by atoms with E-state index in [1.807, 2.05) is 23.7 Å². The topological polar surface area (TPSA) is 56.7 Å². The van der Waals surface area contributed by atoms with Gasteiger partial charge in [-0.3, -0.25) is 4.68 Å². The smallest absolute Gasteiger partial charge is 0.122 e. The molecule has 2 aromatic heterocycles. The van der Waals surface area contributed by atoms with E-state index in [-0.39, 0.29) is 0 Å². The van der Waals surface area contributed by atoms with Crippen LogP contribution in [-0.2, 0) is 6.54 Å². The molecule has 0 fully saturated rings. The Kier molecular flexibility index (Phi) is 2.37. The Morgan fingerprint density at radius 1 is 1.54 bits per heavy atom. The van der Waals surface area contributed by atoms with Gasteiger partial charge in [0.2, 0.25) is 0 Å². The van der Waals surface area contributed by atoms with Crippen molar-refractivity contribution >= 4 is 11.3 Å². The van der Waals surface area contributed by atoms with E-state index in [2.05, 4.69) is 10.3 Å². The molecule has 13 heavy (non-hydrogen) atoms. The standard InChI is InChI=1S/C8H10N4S/c9-3-4-12-6-7(10-11-12)8-2-1-5-13-8/h1-2,5-6H,3-4,9H2. The number of nitrogens with zero attached hydrogens (tertiary/aromatic N) is 3. The highest BCUT2D eigenvalue weighted by Gasteiger charge is 2.03. The maximum Gasteiger partial charge on any atom is 0.122 e. The van der Waals surface area contributed by atoms with Gasteiger partial charge in [-0.1, -0.05) is 11.3 Å². The Labute approximate surface area is 80.0 Å². The lowest BCUT2D eigenvalue weighted by atomic mass is 10.4. The normalized spacial score (nSPS) is 10.5. The fourth-order valence-electron chi connectivity index (χ4n) is 1.08. The third-order valence-electron chi connectivity index (χ3n) is 1.67. The average molecular weight is 194 g/mol. The van der Waals surface area contributed by atoms with Gasteiger partial charge in [-0.05, 0) is 11.4 Å². The molecule has 0 aliphatic heterocycles. The summed E-state index contributed by atoms with van der Waals surface area (Å²) in [7, 11) is 0. The quantitative estimate of drug-likeness (QED) is 0.792. The lowest BCUT2D eigenvalue weighted by molar-refractivity contribution is 0.598. The number of hydrogen-bond donors (Lipinski definition) is 1. The largest absolute Gasteiger partial charge is 0.329 e. The third-order valence-corrected chi connectivity index (χ3v) is 2.56. The number of thiophene rings is 1. The molecule has 0 aliphatic carbocycles. The molecular weight excluding hydrogens is 184 g/mol. The van der Waals surface area contributed by atoms with Gasteiger partial charge in [0.05, 0.1) is 17.6 Å². The minimum Gasteiger partial charge on any atom is -0.329 e. The van der Waals surface area contributed by atoms with Gasteiger partial charge >= 0.3 is 0 Å². The summed E-state index contributed by atoms with van der Waals surface area (Å²) in [6.07, 6.45) is 1.92. The summed E-state index contributed by atoms with van der Waals surface area (Å²) in [5.41, 5.74) is 6.32. The van der Waals surface area contributed by atoms with Gasteiger partial charge in [-0.25, -0.2) is 0 Å². The van der Waals surface area contributed by atoms with E-state index >= 15 is 0 Å². The van der Waals surface area contributed by atoms with Crippen LogP contribution in [0, 0.1) is 0 Å². The van der Waals surface area contributed by atoms with E-state index in [1.165, 1.54) is 0 Å². The van der Waals surface area contributed by atoms with Crippen LogP contribution < -0.4 is 5.73 Å². The highest BCUT2D eigenvalue weighted by Crippen LogP contribution is 2.21. The van der Waals surface area contributed by atoms with Gasteiger partial charge in [0.25, 0.3) is 0 Å². The second kappa shape index (κ2) is 3.68. The summed E-state index contributed by atoms with van der Waals surface area (Å²) in [6.45, 7) is 1.31. The predicted molar refractivity (Wildman–Crippen MR) is 52.4 cm³/mol. The fraction of sp³-hybridized carbons (Fsp3) is 0.250. The second-order valence-electron chi connectivity index (χ2n) is 2.63. The molecule has 5 heteroatoms. The Morgan fingerprint density at radius 2 is 2.46 bits per heavy atom. The lowest BCUT2D eigenvalue weighted by Gasteiger charge is -1.92. The first-order chi connectivity index (χ1) is 6.40. The summed E-state index contributed by atoms with van der Waals surface area (Å²) >= 11 is 1.66. The molecule has 2 heterocycles. The van der Waals surface area contributed by atoms with E-state index in [0.29, 0.717) is 6.54 Å². The zero-order valence-electron chi connectivity index (χ0n) is 7.05. The van der Waals surface area contributed by atoms with Crippen LogP contribution in [0.5, 0.6) is 0 Å². The zero-order valence-corrected chi connectivity index (χ0v) is 7.87. The van der Waals surface area contributed by atoms with Crippen molar-refractivity contribution in [2.24, 2.45) is 5.73 Å². The van der Waals surface area contributed by atoms with E-state index in [4.69, 9.17) is 5.73 Å². The number of hydrogen-bond acceptors (Lipinski definition) is 4. The van der Waals surface area contributed by atoms with Crippen LogP contribution in [0.1, 0.15) is 0 Å². The predicted octanol–water partition coefficient (Wildman–Crippen LogP) is 0.965. The first-order valence-corrected chi connectivity index (χ1v) is 4.92. The Hall–Kier alpha value is -1.20. The van der Waals surface area contributed by atoms with Gasteiger partial charge < -0.3 is 5.73 Å². The summed E-state index contributed by atoms with van der Waals surface area (Å²) in [6, 6.07) is 4.03. The highest BCUT2D eigenvalue weighted by molar-refractivity contribution is 7.13. The molecule has 2 N–H and O–H groups in total. The van der Waals surface area contributed by atoms with Crippen molar-refractivity contribution in [3.05, 3.63) is 23.7 Å². The highest BCUT2D eigenvalue weighted by atomic mass is 32.1. The average Bonchev–Trinajstić information content (AvgIpc) is 2.70. The molecule has 2 rings (SSSR count). The van der Waals surface area contributed by atoms with Gasteiger partial charge in [-0.2, -0.15) is 0 Å². The molecule has 0 amide bonds. The van der Waals surface area contributed by atoms with Gasteiger partial charge in [0.15, 0.2) is 0 Å². The minimum atomic E-state index is 0.591. The summed E-state index contributed by atoms with van der Waals surface area (Å²) in [5.74, 6) is 0. The molecule has 2 aromatic rings. The molecule has 0 spiro atoms. The van der Waals surface area contributed by atoms with Crippen LogP contribution in [0.4, 0.5) is 0 Å². The summed E-state index contributed by atoms with van der Waals surface area (Å²) in [5, 5.41) is 10.0. The van der Waals surface area contributed by atoms with Crippen molar-refractivity contribution in [2.75, 3.05) is 6.54 Å². The number of nitrogens with two attached hydrogens (primary N) is 1. The molecule has 0 saturated carbocycles. The molecule has 0 unspecified atom stereocenters. The maximum absolute atomic E-state index is 5.40. The van der Waals surface area contributed by atoms with E-state index in [9.17, 15) is 0 Å². The summed E-state index contributed by atoms with van der Waals surface area (Å²) in [4.78, 5) is 1.14.